The number of carbonyl (C=O) groups excluding carboxylic acids is 1. The van der Waals surface area contributed by atoms with Gasteiger partial charge in [0, 0.05) is 11.4 Å². The second kappa shape index (κ2) is 7.00. The maximum atomic E-state index is 13.2. The van der Waals surface area contributed by atoms with Crippen LogP contribution in [0.25, 0.3) is 0 Å². The van der Waals surface area contributed by atoms with Crippen LogP contribution in [-0.2, 0) is 19.0 Å². The number of rotatable bonds is 4. The van der Waals surface area contributed by atoms with Crippen molar-refractivity contribution in [2.45, 2.75) is 31.9 Å². The molecule has 0 bridgehead atoms. The first-order valence-electron chi connectivity index (χ1n) is 7.99. The van der Waals surface area contributed by atoms with Gasteiger partial charge in [0.05, 0.1) is 16.8 Å². The number of hydrogen-bond acceptors (Lipinski definition) is 3. The predicted octanol–water partition coefficient (Wildman–Crippen LogP) is 4.87. The van der Waals surface area contributed by atoms with Gasteiger partial charge >= 0.3 is 6.18 Å². The number of amides is 1. The quantitative estimate of drug-likeness (QED) is 0.723. The lowest BCUT2D eigenvalue weighted by molar-refractivity contribution is -0.137. The normalized spacial score (nSPS) is 14.0. The third-order valence-corrected chi connectivity index (χ3v) is 5.27. The minimum Gasteiger partial charge on any atom is -0.280 e. The van der Waals surface area contributed by atoms with Crippen LogP contribution < -0.4 is 4.90 Å². The van der Waals surface area contributed by atoms with E-state index >= 15 is 0 Å². The summed E-state index contributed by atoms with van der Waals surface area (Å²) in [5.41, 5.74) is -0.349. The molecule has 1 heterocycles. The van der Waals surface area contributed by atoms with E-state index < -0.39 is 17.6 Å². The van der Waals surface area contributed by atoms with Crippen LogP contribution in [0.2, 0.25) is 0 Å². The number of carbonyl (C=O) groups is 1. The fraction of sp³-hybridized carbons (Fsp3) is 0.333. The molecule has 3 nitrogen and oxygen atoms in total. The molecular weight excluding hydrogens is 349 g/mol. The van der Waals surface area contributed by atoms with Gasteiger partial charge in [0.1, 0.15) is 0 Å². The first-order chi connectivity index (χ1) is 11.9. The predicted molar refractivity (Wildman–Crippen MR) is 92.1 cm³/mol. The van der Waals surface area contributed by atoms with Crippen LogP contribution in [0.1, 0.15) is 39.3 Å². The topological polar surface area (TPSA) is 33.2 Å². The third kappa shape index (κ3) is 3.61. The molecule has 3 rings (SSSR count). The van der Waals surface area contributed by atoms with Crippen LogP contribution in [-0.4, -0.2) is 17.4 Å². The number of aryl methyl sites for hydroxylation is 2. The lowest BCUT2D eigenvalue weighted by Crippen LogP contribution is -2.32. The Labute approximate surface area is 147 Å². The number of benzene rings is 1. The Bertz CT molecular complexity index is 774. The number of thiazole rings is 1. The Morgan fingerprint density at radius 3 is 2.68 bits per heavy atom. The minimum absolute atomic E-state index is 0.109. The number of aromatic nitrogens is 1. The van der Waals surface area contributed by atoms with Crippen LogP contribution in [0.15, 0.2) is 36.9 Å². The standard InChI is InChI=1S/C18H17F3N2OS/c1-2-11-23(17-22-14-9-5-6-10-15(14)25-17)16(24)12-7-3-4-8-13(12)18(19,20)21/h2-4,7-8H,1,5-6,9-11H2. The molecule has 7 heteroatoms. The molecule has 0 unspecified atom stereocenters. The van der Waals surface area contributed by atoms with Crippen molar-refractivity contribution in [1.29, 1.82) is 0 Å². The lowest BCUT2D eigenvalue weighted by atomic mass is 10.0. The van der Waals surface area contributed by atoms with Gasteiger partial charge in [-0.3, -0.25) is 9.69 Å². The zero-order valence-corrected chi connectivity index (χ0v) is 14.3. The van der Waals surface area contributed by atoms with E-state index in [0.29, 0.717) is 5.13 Å². The average Bonchev–Trinajstić information content (AvgIpc) is 3.02. The summed E-state index contributed by atoms with van der Waals surface area (Å²) in [6.45, 7) is 3.72. The fourth-order valence-corrected chi connectivity index (χ4v) is 4.05. The zero-order valence-electron chi connectivity index (χ0n) is 13.5. The van der Waals surface area contributed by atoms with Crippen LogP contribution >= 0.6 is 11.3 Å². The molecule has 0 fully saturated rings. The first-order valence-corrected chi connectivity index (χ1v) is 8.81. The van der Waals surface area contributed by atoms with Crippen molar-refractivity contribution in [2.75, 3.05) is 11.4 Å². The number of halogens is 3. The average molecular weight is 366 g/mol. The van der Waals surface area contributed by atoms with Gasteiger partial charge in [0.2, 0.25) is 0 Å². The molecule has 0 saturated heterocycles. The number of hydrogen-bond donors (Lipinski definition) is 0. The molecule has 0 aliphatic heterocycles. The van der Waals surface area contributed by atoms with Gasteiger partial charge in [0.25, 0.3) is 5.91 Å². The Balaban J connectivity index is 2.00. The Morgan fingerprint density at radius 1 is 1.28 bits per heavy atom. The van der Waals surface area contributed by atoms with Crippen LogP contribution in [0, 0.1) is 0 Å². The van der Waals surface area contributed by atoms with E-state index in [1.807, 2.05) is 0 Å². The lowest BCUT2D eigenvalue weighted by Gasteiger charge is -2.20. The van der Waals surface area contributed by atoms with Crippen LogP contribution in [0.4, 0.5) is 18.3 Å². The molecule has 0 spiro atoms. The maximum Gasteiger partial charge on any atom is 0.417 e. The summed E-state index contributed by atoms with van der Waals surface area (Å²) >= 11 is 1.38. The van der Waals surface area contributed by atoms with Crippen molar-refractivity contribution < 1.29 is 18.0 Å². The van der Waals surface area contributed by atoms with Gasteiger partial charge in [-0.15, -0.1) is 17.9 Å². The molecule has 1 aromatic heterocycles. The Morgan fingerprint density at radius 2 is 2.00 bits per heavy atom. The maximum absolute atomic E-state index is 13.2. The largest absolute Gasteiger partial charge is 0.417 e. The molecule has 1 aliphatic carbocycles. The summed E-state index contributed by atoms with van der Waals surface area (Å²) < 4.78 is 39.7. The molecule has 0 radical (unpaired) electrons. The third-order valence-electron chi connectivity index (χ3n) is 4.08. The minimum atomic E-state index is -4.59. The molecule has 132 valence electrons. The van der Waals surface area contributed by atoms with Gasteiger partial charge in [-0.2, -0.15) is 13.2 Å². The summed E-state index contributed by atoms with van der Waals surface area (Å²) in [5, 5.41) is 0.439. The second-order valence-electron chi connectivity index (χ2n) is 5.82. The SMILES string of the molecule is C=CCN(C(=O)c1ccccc1C(F)(F)F)c1nc2c(s1)CCCC2. The van der Waals surface area contributed by atoms with Gasteiger partial charge in [0.15, 0.2) is 5.13 Å². The van der Waals surface area contributed by atoms with E-state index in [-0.39, 0.29) is 12.1 Å². The van der Waals surface area contributed by atoms with Crippen molar-refractivity contribution in [3.63, 3.8) is 0 Å². The molecule has 0 saturated carbocycles. The molecule has 0 atom stereocenters. The summed E-state index contributed by atoms with van der Waals surface area (Å²) in [4.78, 5) is 19.8. The summed E-state index contributed by atoms with van der Waals surface area (Å²) in [7, 11) is 0. The summed E-state index contributed by atoms with van der Waals surface area (Å²) in [6, 6.07) is 4.84. The number of anilines is 1. The molecule has 1 aromatic carbocycles. The van der Waals surface area contributed by atoms with Gasteiger partial charge < -0.3 is 0 Å². The first kappa shape index (κ1) is 17.7. The monoisotopic (exact) mass is 366 g/mol. The summed E-state index contributed by atoms with van der Waals surface area (Å²) in [5.74, 6) is -0.709. The molecule has 0 N–H and O–H groups in total. The van der Waals surface area contributed by atoms with Crippen molar-refractivity contribution >= 4 is 22.4 Å². The molecular formula is C18H17F3N2OS. The van der Waals surface area contributed by atoms with Gasteiger partial charge in [-0.05, 0) is 37.8 Å². The van der Waals surface area contributed by atoms with E-state index in [1.54, 1.807) is 0 Å². The van der Waals surface area contributed by atoms with Crippen molar-refractivity contribution in [2.24, 2.45) is 0 Å². The molecule has 2 aromatic rings. The van der Waals surface area contributed by atoms with E-state index in [4.69, 9.17) is 0 Å². The highest BCUT2D eigenvalue weighted by atomic mass is 32.1. The Hall–Kier alpha value is -2.15. The van der Waals surface area contributed by atoms with Crippen molar-refractivity contribution in [3.05, 3.63) is 58.6 Å². The van der Waals surface area contributed by atoms with E-state index in [9.17, 15) is 18.0 Å². The highest BCUT2D eigenvalue weighted by Gasteiger charge is 2.36. The highest BCUT2D eigenvalue weighted by molar-refractivity contribution is 7.16. The van der Waals surface area contributed by atoms with Gasteiger partial charge in [-0.1, -0.05) is 18.2 Å². The van der Waals surface area contributed by atoms with Crippen molar-refractivity contribution in [3.8, 4) is 0 Å². The highest BCUT2D eigenvalue weighted by Crippen LogP contribution is 2.35. The molecule has 1 aliphatic rings. The summed E-state index contributed by atoms with van der Waals surface area (Å²) in [6.07, 6.45) is 0.773. The van der Waals surface area contributed by atoms with Crippen LogP contribution in [0.5, 0.6) is 0 Å². The fourth-order valence-electron chi connectivity index (χ4n) is 2.89. The number of fused-ring (bicyclic) bond motifs is 1. The molecule has 25 heavy (non-hydrogen) atoms. The second-order valence-corrected chi connectivity index (χ2v) is 6.88. The van der Waals surface area contributed by atoms with Gasteiger partial charge in [-0.25, -0.2) is 4.98 Å². The number of nitrogens with zero attached hydrogens (tertiary/aromatic N) is 2. The van der Waals surface area contributed by atoms with E-state index in [2.05, 4.69) is 11.6 Å². The van der Waals surface area contributed by atoms with E-state index in [0.717, 1.165) is 42.3 Å². The van der Waals surface area contributed by atoms with E-state index in [1.165, 1.54) is 40.5 Å². The zero-order chi connectivity index (χ0) is 18.0. The van der Waals surface area contributed by atoms with Crippen LogP contribution in [0.3, 0.4) is 0 Å². The Kier molecular flexibility index (Phi) is 4.94. The number of alkyl halides is 3. The molecule has 1 amide bonds. The van der Waals surface area contributed by atoms with Crippen molar-refractivity contribution in [1.82, 2.24) is 4.98 Å². The smallest absolute Gasteiger partial charge is 0.280 e.